The van der Waals surface area contributed by atoms with Gasteiger partial charge in [-0.15, -0.1) is 0 Å². The molecule has 2 fully saturated rings. The summed E-state index contributed by atoms with van der Waals surface area (Å²) in [5.74, 6) is 1.62. The minimum atomic E-state index is 0.0949. The number of likely N-dealkylation sites (tertiary alicyclic amines) is 1. The summed E-state index contributed by atoms with van der Waals surface area (Å²) < 4.78 is 5.85. The minimum absolute atomic E-state index is 0.0949. The molecule has 19 heavy (non-hydrogen) atoms. The number of aromatic nitrogens is 1. The molecule has 1 aliphatic heterocycles. The average Bonchev–Trinajstić information content (AvgIpc) is 3.06. The lowest BCUT2D eigenvalue weighted by atomic mass is 10.2. The Morgan fingerprint density at radius 2 is 2.26 bits per heavy atom. The maximum absolute atomic E-state index is 12.0. The van der Waals surface area contributed by atoms with E-state index in [1.54, 1.807) is 0 Å². The molecule has 1 saturated heterocycles. The summed E-state index contributed by atoms with van der Waals surface area (Å²) in [6.45, 7) is 3.48. The van der Waals surface area contributed by atoms with Crippen LogP contribution in [0.2, 0.25) is 0 Å². The van der Waals surface area contributed by atoms with E-state index in [1.807, 2.05) is 30.0 Å². The molecule has 2 aliphatic rings. The van der Waals surface area contributed by atoms with E-state index in [1.165, 1.54) is 12.8 Å². The Bertz CT molecular complexity index is 471. The molecule has 1 aromatic rings. The molecule has 0 aromatic carbocycles. The van der Waals surface area contributed by atoms with Crippen LogP contribution in [0, 0.1) is 12.8 Å². The molecule has 0 bridgehead atoms. The SMILES string of the molecule is Cc1cccc(O[C@H]2CCN(C(=O)CC3CC3)C2)n1. The van der Waals surface area contributed by atoms with Gasteiger partial charge >= 0.3 is 0 Å². The van der Waals surface area contributed by atoms with Crippen LogP contribution in [-0.4, -0.2) is 35.0 Å². The van der Waals surface area contributed by atoms with Gasteiger partial charge in [-0.3, -0.25) is 4.79 Å². The highest BCUT2D eigenvalue weighted by Crippen LogP contribution is 2.33. The third kappa shape index (κ3) is 3.25. The first kappa shape index (κ1) is 12.5. The van der Waals surface area contributed by atoms with E-state index in [-0.39, 0.29) is 6.10 Å². The Morgan fingerprint density at radius 3 is 3.00 bits per heavy atom. The van der Waals surface area contributed by atoms with E-state index in [9.17, 15) is 4.79 Å². The van der Waals surface area contributed by atoms with Gasteiger partial charge in [0.25, 0.3) is 0 Å². The smallest absolute Gasteiger partial charge is 0.222 e. The lowest BCUT2D eigenvalue weighted by Crippen LogP contribution is -2.31. The van der Waals surface area contributed by atoms with E-state index >= 15 is 0 Å². The summed E-state index contributed by atoms with van der Waals surface area (Å²) in [5.41, 5.74) is 0.956. The van der Waals surface area contributed by atoms with Crippen molar-refractivity contribution in [2.45, 2.75) is 38.7 Å². The highest BCUT2D eigenvalue weighted by Gasteiger charge is 2.31. The second-order valence-corrected chi connectivity index (χ2v) is 5.63. The Morgan fingerprint density at radius 1 is 1.42 bits per heavy atom. The number of amides is 1. The first-order chi connectivity index (χ1) is 9.20. The summed E-state index contributed by atoms with van der Waals surface area (Å²) in [6, 6.07) is 5.78. The van der Waals surface area contributed by atoms with Crippen LogP contribution in [0.1, 0.15) is 31.4 Å². The first-order valence-electron chi connectivity index (χ1n) is 7.09. The molecule has 1 aliphatic carbocycles. The van der Waals surface area contributed by atoms with Crippen molar-refractivity contribution in [2.75, 3.05) is 13.1 Å². The Hall–Kier alpha value is -1.58. The molecule has 1 atom stereocenters. The van der Waals surface area contributed by atoms with Gasteiger partial charge in [0, 0.05) is 31.1 Å². The number of aryl methyl sites for hydroxylation is 1. The van der Waals surface area contributed by atoms with E-state index in [0.29, 0.717) is 24.2 Å². The highest BCUT2D eigenvalue weighted by molar-refractivity contribution is 5.77. The number of carbonyl (C=O) groups excluding carboxylic acids is 1. The van der Waals surface area contributed by atoms with Gasteiger partial charge in [0.05, 0.1) is 6.54 Å². The zero-order valence-corrected chi connectivity index (χ0v) is 11.3. The van der Waals surface area contributed by atoms with Crippen molar-refractivity contribution < 1.29 is 9.53 Å². The molecule has 1 amide bonds. The van der Waals surface area contributed by atoms with Gasteiger partial charge in [-0.05, 0) is 31.7 Å². The van der Waals surface area contributed by atoms with Gasteiger partial charge in [0.2, 0.25) is 11.8 Å². The van der Waals surface area contributed by atoms with Crippen molar-refractivity contribution >= 4 is 5.91 Å². The van der Waals surface area contributed by atoms with Crippen LogP contribution in [0.5, 0.6) is 5.88 Å². The van der Waals surface area contributed by atoms with Crippen molar-refractivity contribution in [3.63, 3.8) is 0 Å². The molecule has 1 saturated carbocycles. The van der Waals surface area contributed by atoms with Gasteiger partial charge < -0.3 is 9.64 Å². The number of nitrogens with zero attached hydrogens (tertiary/aromatic N) is 2. The quantitative estimate of drug-likeness (QED) is 0.833. The predicted molar refractivity (Wildman–Crippen MR) is 71.9 cm³/mol. The third-order valence-electron chi connectivity index (χ3n) is 3.81. The molecule has 1 aromatic heterocycles. The number of hydrogen-bond acceptors (Lipinski definition) is 3. The zero-order chi connectivity index (χ0) is 13.2. The molecule has 4 heteroatoms. The van der Waals surface area contributed by atoms with E-state index in [4.69, 9.17) is 4.74 Å². The number of rotatable bonds is 4. The van der Waals surface area contributed by atoms with Gasteiger partial charge in [-0.2, -0.15) is 0 Å². The van der Waals surface area contributed by atoms with Crippen molar-refractivity contribution in [2.24, 2.45) is 5.92 Å². The van der Waals surface area contributed by atoms with Gasteiger partial charge in [0.1, 0.15) is 6.10 Å². The molecular weight excluding hydrogens is 240 g/mol. The van der Waals surface area contributed by atoms with E-state index < -0.39 is 0 Å². The average molecular weight is 260 g/mol. The normalized spacial score (nSPS) is 22.6. The summed E-state index contributed by atoms with van der Waals surface area (Å²) in [7, 11) is 0. The standard InChI is InChI=1S/C15H20N2O2/c1-11-3-2-4-14(16-11)19-13-7-8-17(10-13)15(18)9-12-5-6-12/h2-4,12-13H,5-10H2,1H3/t13-/m0/s1. The zero-order valence-electron chi connectivity index (χ0n) is 11.3. The van der Waals surface area contributed by atoms with Crippen LogP contribution < -0.4 is 4.74 Å². The van der Waals surface area contributed by atoms with E-state index in [2.05, 4.69) is 4.98 Å². The fraction of sp³-hybridized carbons (Fsp3) is 0.600. The third-order valence-corrected chi connectivity index (χ3v) is 3.81. The van der Waals surface area contributed by atoms with Crippen LogP contribution in [0.25, 0.3) is 0 Å². The number of carbonyl (C=O) groups is 1. The maximum atomic E-state index is 12.0. The fourth-order valence-electron chi connectivity index (χ4n) is 2.50. The second-order valence-electron chi connectivity index (χ2n) is 5.63. The van der Waals surface area contributed by atoms with Crippen LogP contribution >= 0.6 is 0 Å². The molecule has 102 valence electrons. The molecule has 2 heterocycles. The highest BCUT2D eigenvalue weighted by atomic mass is 16.5. The molecule has 0 N–H and O–H groups in total. The summed E-state index contributed by atoms with van der Waals surface area (Å²) in [6.07, 6.45) is 4.19. The summed E-state index contributed by atoms with van der Waals surface area (Å²) in [5, 5.41) is 0. The predicted octanol–water partition coefficient (Wildman–Crippen LogP) is 2.17. The van der Waals surface area contributed by atoms with Crippen molar-refractivity contribution in [3.05, 3.63) is 23.9 Å². The van der Waals surface area contributed by atoms with Crippen LogP contribution in [0.3, 0.4) is 0 Å². The van der Waals surface area contributed by atoms with Crippen LogP contribution in [0.15, 0.2) is 18.2 Å². The largest absolute Gasteiger partial charge is 0.472 e. The van der Waals surface area contributed by atoms with Gasteiger partial charge in [0.15, 0.2) is 0 Å². The lowest BCUT2D eigenvalue weighted by molar-refractivity contribution is -0.130. The van der Waals surface area contributed by atoms with Gasteiger partial charge in [-0.1, -0.05) is 6.07 Å². The molecular formula is C15H20N2O2. The van der Waals surface area contributed by atoms with Gasteiger partial charge in [-0.25, -0.2) is 4.98 Å². The molecule has 0 spiro atoms. The Labute approximate surface area is 113 Å². The Kier molecular flexibility index (Phi) is 3.40. The molecule has 3 rings (SSSR count). The van der Waals surface area contributed by atoms with E-state index in [0.717, 1.165) is 25.1 Å². The second kappa shape index (κ2) is 5.19. The topological polar surface area (TPSA) is 42.4 Å². The first-order valence-corrected chi connectivity index (χ1v) is 7.09. The molecule has 0 radical (unpaired) electrons. The molecule has 4 nitrogen and oxygen atoms in total. The fourth-order valence-corrected chi connectivity index (χ4v) is 2.50. The monoisotopic (exact) mass is 260 g/mol. The van der Waals surface area contributed by atoms with Crippen molar-refractivity contribution in [1.82, 2.24) is 9.88 Å². The van der Waals surface area contributed by atoms with Crippen molar-refractivity contribution in [3.8, 4) is 5.88 Å². The summed E-state index contributed by atoms with van der Waals surface area (Å²) >= 11 is 0. The van der Waals surface area contributed by atoms with Crippen LogP contribution in [-0.2, 0) is 4.79 Å². The summed E-state index contributed by atoms with van der Waals surface area (Å²) in [4.78, 5) is 18.3. The number of pyridine rings is 1. The molecule has 0 unspecified atom stereocenters. The maximum Gasteiger partial charge on any atom is 0.222 e. The van der Waals surface area contributed by atoms with Crippen LogP contribution in [0.4, 0.5) is 0 Å². The lowest BCUT2D eigenvalue weighted by Gasteiger charge is -2.17. The number of ether oxygens (including phenoxy) is 1. The minimum Gasteiger partial charge on any atom is -0.472 e. The van der Waals surface area contributed by atoms with Crippen molar-refractivity contribution in [1.29, 1.82) is 0 Å². The Balaban J connectivity index is 1.52. The number of hydrogen-bond donors (Lipinski definition) is 0.